The number of piperidine rings is 2. The van der Waals surface area contributed by atoms with Crippen LogP contribution in [-0.2, 0) is 9.63 Å². The third-order valence-corrected chi connectivity index (χ3v) is 9.84. The summed E-state index contributed by atoms with van der Waals surface area (Å²) in [6.07, 6.45) is 14.0. The van der Waals surface area contributed by atoms with Gasteiger partial charge in [0.2, 0.25) is 0 Å². The van der Waals surface area contributed by atoms with Crippen molar-refractivity contribution in [3.05, 3.63) is 40.3 Å². The highest BCUT2D eigenvalue weighted by molar-refractivity contribution is 6.00. The van der Waals surface area contributed by atoms with Crippen LogP contribution in [0.3, 0.4) is 0 Å². The number of carbonyl (C=O) groups is 1. The Kier molecular flexibility index (Phi) is 7.74. The molecule has 4 fully saturated rings. The van der Waals surface area contributed by atoms with Gasteiger partial charge in [-0.2, -0.15) is 0 Å². The standard InChI is InChI=1S/C31H42N4O4/c1-2-39-33-27(13-14-29(36)37)30-31(38)35(28-12-4-3-11-26(28)32-30)25-18-22-9-6-10-23(19-25)34(22)24-16-20-7-5-8-21(15-20)17-24/h3-4,11-12,20-25H,2,5-10,13-19H2,1H3,(H,36,37)/t20-,21+,22-,23+,24?,25?. The summed E-state index contributed by atoms with van der Waals surface area (Å²) in [6, 6.07) is 9.64. The summed E-state index contributed by atoms with van der Waals surface area (Å²) in [6.45, 7) is 2.15. The van der Waals surface area contributed by atoms with E-state index in [0.29, 0.717) is 30.4 Å². The molecule has 2 aromatic rings. The van der Waals surface area contributed by atoms with Crippen LogP contribution in [0.15, 0.2) is 34.2 Å². The van der Waals surface area contributed by atoms with Gasteiger partial charge in [-0.3, -0.25) is 14.5 Å². The summed E-state index contributed by atoms with van der Waals surface area (Å²) in [7, 11) is 0. The van der Waals surface area contributed by atoms with E-state index in [-0.39, 0.29) is 30.1 Å². The molecule has 1 aromatic carbocycles. The number of fused-ring (bicyclic) bond motifs is 5. The van der Waals surface area contributed by atoms with Gasteiger partial charge in [-0.05, 0) is 75.8 Å². The number of hydrogen-bond acceptors (Lipinski definition) is 6. The highest BCUT2D eigenvalue weighted by Crippen LogP contribution is 2.47. The monoisotopic (exact) mass is 534 g/mol. The number of para-hydroxylation sites is 2. The molecule has 210 valence electrons. The Hall–Kier alpha value is -2.74. The van der Waals surface area contributed by atoms with Gasteiger partial charge < -0.3 is 14.5 Å². The molecule has 0 amide bonds. The lowest BCUT2D eigenvalue weighted by Gasteiger charge is -2.55. The average molecular weight is 535 g/mol. The van der Waals surface area contributed by atoms with Crippen molar-refractivity contribution in [3.8, 4) is 0 Å². The molecule has 4 bridgehead atoms. The number of oxime groups is 1. The number of carboxylic acids is 1. The zero-order chi connectivity index (χ0) is 26.9. The first-order valence-corrected chi connectivity index (χ1v) is 15.2. The number of benzene rings is 1. The van der Waals surface area contributed by atoms with Crippen LogP contribution >= 0.6 is 0 Å². The first-order chi connectivity index (χ1) is 19.0. The van der Waals surface area contributed by atoms with Crippen LogP contribution in [0.1, 0.15) is 102 Å². The summed E-state index contributed by atoms with van der Waals surface area (Å²) < 4.78 is 1.97. The van der Waals surface area contributed by atoms with Crippen molar-refractivity contribution in [2.24, 2.45) is 17.0 Å². The number of rotatable bonds is 8. The van der Waals surface area contributed by atoms with Gasteiger partial charge in [-0.15, -0.1) is 0 Å². The molecule has 8 nitrogen and oxygen atoms in total. The highest BCUT2D eigenvalue weighted by atomic mass is 16.6. The second-order valence-corrected chi connectivity index (χ2v) is 12.3. The van der Waals surface area contributed by atoms with Gasteiger partial charge in [-0.1, -0.05) is 43.0 Å². The van der Waals surface area contributed by atoms with Crippen LogP contribution in [0, 0.1) is 11.8 Å². The fraction of sp³-hybridized carbons (Fsp3) is 0.677. The molecule has 2 saturated heterocycles. The zero-order valence-electron chi connectivity index (χ0n) is 23.1. The molecule has 6 rings (SSSR count). The molecule has 2 aliphatic carbocycles. The van der Waals surface area contributed by atoms with E-state index in [9.17, 15) is 14.7 Å². The second-order valence-electron chi connectivity index (χ2n) is 12.3. The molecule has 0 spiro atoms. The maximum atomic E-state index is 14.2. The third kappa shape index (κ3) is 5.37. The predicted molar refractivity (Wildman–Crippen MR) is 151 cm³/mol. The van der Waals surface area contributed by atoms with Crippen LogP contribution in [0.5, 0.6) is 0 Å². The first-order valence-electron chi connectivity index (χ1n) is 15.2. The van der Waals surface area contributed by atoms with Gasteiger partial charge in [-0.25, -0.2) is 4.98 Å². The van der Waals surface area contributed by atoms with Crippen LogP contribution < -0.4 is 5.56 Å². The maximum Gasteiger partial charge on any atom is 0.303 e. The summed E-state index contributed by atoms with van der Waals surface area (Å²) in [5, 5.41) is 13.5. The number of carboxylic acid groups (broad SMARTS) is 1. The van der Waals surface area contributed by atoms with E-state index < -0.39 is 5.97 Å². The number of aromatic nitrogens is 2. The lowest BCUT2D eigenvalue weighted by atomic mass is 9.68. The maximum absolute atomic E-state index is 14.2. The van der Waals surface area contributed by atoms with Gasteiger partial charge in [0.05, 0.1) is 17.5 Å². The normalized spacial score (nSPS) is 31.3. The van der Waals surface area contributed by atoms with E-state index in [1.165, 1.54) is 57.8 Å². The SMILES string of the molecule is CCON=C(CCC(=O)O)c1nc2ccccc2n(C2C[C@H]3CCC[C@@H](C2)N3C2C[C@H]3CCC[C@@H](C2)C3)c1=O. The highest BCUT2D eigenvalue weighted by Gasteiger charge is 2.45. The van der Waals surface area contributed by atoms with Crippen LogP contribution in [0.25, 0.3) is 11.0 Å². The van der Waals surface area contributed by atoms with E-state index in [4.69, 9.17) is 9.82 Å². The van der Waals surface area contributed by atoms with Gasteiger partial charge in [0.25, 0.3) is 5.56 Å². The van der Waals surface area contributed by atoms with E-state index in [2.05, 4.69) is 10.1 Å². The predicted octanol–water partition coefficient (Wildman–Crippen LogP) is 5.53. The molecule has 3 heterocycles. The Balaban J connectivity index is 1.35. The first kappa shape index (κ1) is 26.5. The van der Waals surface area contributed by atoms with E-state index >= 15 is 0 Å². The average Bonchev–Trinajstić information content (AvgIpc) is 2.92. The van der Waals surface area contributed by atoms with Crippen molar-refractivity contribution in [1.82, 2.24) is 14.5 Å². The van der Waals surface area contributed by atoms with Crippen LogP contribution in [-0.4, -0.2) is 56.0 Å². The Morgan fingerprint density at radius 2 is 1.64 bits per heavy atom. The zero-order valence-corrected chi connectivity index (χ0v) is 23.1. The minimum atomic E-state index is -0.938. The Morgan fingerprint density at radius 3 is 2.33 bits per heavy atom. The largest absolute Gasteiger partial charge is 0.481 e. The van der Waals surface area contributed by atoms with E-state index in [1.807, 2.05) is 35.8 Å². The lowest BCUT2D eigenvalue weighted by molar-refractivity contribution is -0.136. The Bertz CT molecular complexity index is 1260. The van der Waals surface area contributed by atoms with Crippen LogP contribution in [0.2, 0.25) is 0 Å². The van der Waals surface area contributed by atoms with Crippen molar-refractivity contribution in [3.63, 3.8) is 0 Å². The smallest absolute Gasteiger partial charge is 0.303 e. The fourth-order valence-corrected chi connectivity index (χ4v) is 8.42. The molecule has 4 aliphatic rings. The number of nitrogens with zero attached hydrogens (tertiary/aromatic N) is 4. The molecule has 2 aliphatic heterocycles. The van der Waals surface area contributed by atoms with Crippen molar-refractivity contribution < 1.29 is 14.7 Å². The van der Waals surface area contributed by atoms with Crippen molar-refractivity contribution in [2.45, 2.75) is 115 Å². The summed E-state index contributed by atoms with van der Waals surface area (Å²) in [4.78, 5) is 38.4. The summed E-state index contributed by atoms with van der Waals surface area (Å²) in [5.74, 6) is 0.876. The number of aliphatic carboxylic acids is 1. The van der Waals surface area contributed by atoms with Crippen molar-refractivity contribution >= 4 is 22.7 Å². The molecule has 1 aromatic heterocycles. The molecule has 0 radical (unpaired) electrons. The van der Waals surface area contributed by atoms with Gasteiger partial charge in [0.1, 0.15) is 12.3 Å². The van der Waals surface area contributed by atoms with Crippen molar-refractivity contribution in [1.29, 1.82) is 0 Å². The molecular formula is C31H42N4O4. The van der Waals surface area contributed by atoms with Gasteiger partial charge in [0, 0.05) is 30.6 Å². The summed E-state index contributed by atoms with van der Waals surface area (Å²) in [5.41, 5.74) is 1.94. The Labute approximate surface area is 230 Å². The minimum absolute atomic E-state index is 0.0895. The van der Waals surface area contributed by atoms with Gasteiger partial charge >= 0.3 is 5.97 Å². The van der Waals surface area contributed by atoms with Crippen molar-refractivity contribution in [2.75, 3.05) is 6.61 Å². The van der Waals surface area contributed by atoms with E-state index in [1.54, 1.807) is 0 Å². The van der Waals surface area contributed by atoms with Crippen LogP contribution in [0.4, 0.5) is 0 Å². The van der Waals surface area contributed by atoms with E-state index in [0.717, 1.165) is 35.7 Å². The number of hydrogen-bond donors (Lipinski definition) is 1. The van der Waals surface area contributed by atoms with Gasteiger partial charge in [0.15, 0.2) is 5.69 Å². The summed E-state index contributed by atoms with van der Waals surface area (Å²) >= 11 is 0. The molecule has 8 heteroatoms. The Morgan fingerprint density at radius 1 is 0.949 bits per heavy atom. The molecule has 2 unspecified atom stereocenters. The molecule has 39 heavy (non-hydrogen) atoms. The molecule has 6 atom stereocenters. The lowest BCUT2D eigenvalue weighted by Crippen LogP contribution is -2.58. The molecular weight excluding hydrogens is 492 g/mol. The third-order valence-electron chi connectivity index (χ3n) is 9.84. The fourth-order valence-electron chi connectivity index (χ4n) is 8.42. The molecule has 1 N–H and O–H groups in total. The minimum Gasteiger partial charge on any atom is -0.481 e. The molecule has 2 saturated carbocycles. The quantitative estimate of drug-likeness (QED) is 0.353. The topological polar surface area (TPSA) is 97.0 Å². The second kappa shape index (κ2) is 11.4.